The molecule has 0 aromatic heterocycles. The summed E-state index contributed by atoms with van der Waals surface area (Å²) in [6.07, 6.45) is 0. The highest BCUT2D eigenvalue weighted by Crippen LogP contribution is 2.42. The third-order valence-electron chi connectivity index (χ3n) is 5.33. The summed E-state index contributed by atoms with van der Waals surface area (Å²) in [6.45, 7) is 9.65. The topological polar surface area (TPSA) is 33.7 Å². The first-order valence-corrected chi connectivity index (χ1v) is 7.49. The molecule has 3 aliphatic rings. The van der Waals surface area contributed by atoms with E-state index in [1.165, 1.54) is 18.7 Å². The van der Waals surface area contributed by atoms with E-state index < -0.39 is 0 Å². The van der Waals surface area contributed by atoms with Crippen LogP contribution in [0.25, 0.3) is 0 Å². The van der Waals surface area contributed by atoms with Crippen LogP contribution in [0.3, 0.4) is 0 Å². The first-order chi connectivity index (χ1) is 9.64. The quantitative estimate of drug-likeness (QED) is 0.892. The Bertz CT molecular complexity index is 529. The van der Waals surface area contributed by atoms with Crippen LogP contribution in [0.4, 0.5) is 0 Å². The van der Waals surface area contributed by atoms with E-state index in [0.29, 0.717) is 6.79 Å². The lowest BCUT2D eigenvalue weighted by Gasteiger charge is -2.35. The molecule has 3 heterocycles. The Labute approximate surface area is 120 Å². The number of nitrogens with one attached hydrogen (secondary N) is 1. The SMILES string of the molecule is CC1(C)C2CNCC2CN1Cc1ccc2c(c1)OCO2. The number of rotatable bonds is 2. The molecule has 1 aromatic rings. The average molecular weight is 274 g/mol. The molecule has 1 N–H and O–H groups in total. The molecule has 2 fully saturated rings. The summed E-state index contributed by atoms with van der Waals surface area (Å²) in [5.41, 5.74) is 1.58. The molecule has 0 bridgehead atoms. The van der Waals surface area contributed by atoms with Crippen molar-refractivity contribution in [2.75, 3.05) is 26.4 Å². The van der Waals surface area contributed by atoms with Gasteiger partial charge in [-0.3, -0.25) is 4.90 Å². The molecular formula is C16H22N2O2. The van der Waals surface area contributed by atoms with E-state index in [0.717, 1.165) is 36.4 Å². The van der Waals surface area contributed by atoms with Gasteiger partial charge in [-0.1, -0.05) is 6.07 Å². The van der Waals surface area contributed by atoms with Crippen LogP contribution in [0.15, 0.2) is 18.2 Å². The van der Waals surface area contributed by atoms with Gasteiger partial charge in [0.25, 0.3) is 0 Å². The molecule has 0 amide bonds. The summed E-state index contributed by atoms with van der Waals surface area (Å²) in [7, 11) is 0. The zero-order chi connectivity index (χ0) is 13.7. The van der Waals surface area contributed by atoms with E-state index >= 15 is 0 Å². The van der Waals surface area contributed by atoms with Crippen LogP contribution in [0, 0.1) is 11.8 Å². The molecule has 4 nitrogen and oxygen atoms in total. The predicted octanol–water partition coefficient (Wildman–Crippen LogP) is 1.85. The summed E-state index contributed by atoms with van der Waals surface area (Å²) >= 11 is 0. The highest BCUT2D eigenvalue weighted by Gasteiger charge is 2.49. The third-order valence-corrected chi connectivity index (χ3v) is 5.33. The fourth-order valence-electron chi connectivity index (χ4n) is 4.03. The molecule has 4 rings (SSSR count). The van der Waals surface area contributed by atoms with Crippen molar-refractivity contribution < 1.29 is 9.47 Å². The molecule has 2 unspecified atom stereocenters. The number of fused-ring (bicyclic) bond motifs is 2. The Morgan fingerprint density at radius 1 is 1.25 bits per heavy atom. The van der Waals surface area contributed by atoms with E-state index in [1.807, 2.05) is 6.07 Å². The van der Waals surface area contributed by atoms with Crippen molar-refractivity contribution in [1.82, 2.24) is 10.2 Å². The zero-order valence-corrected chi connectivity index (χ0v) is 12.2. The van der Waals surface area contributed by atoms with E-state index in [-0.39, 0.29) is 5.54 Å². The van der Waals surface area contributed by atoms with Crippen LogP contribution in [0.2, 0.25) is 0 Å². The highest BCUT2D eigenvalue weighted by atomic mass is 16.7. The van der Waals surface area contributed by atoms with Gasteiger partial charge in [-0.25, -0.2) is 0 Å². The van der Waals surface area contributed by atoms with Gasteiger partial charge in [-0.15, -0.1) is 0 Å². The van der Waals surface area contributed by atoms with Crippen LogP contribution in [-0.4, -0.2) is 36.9 Å². The molecule has 1 aromatic carbocycles. The summed E-state index contributed by atoms with van der Waals surface area (Å²) in [5.74, 6) is 3.34. The van der Waals surface area contributed by atoms with Crippen molar-refractivity contribution in [1.29, 1.82) is 0 Å². The van der Waals surface area contributed by atoms with E-state index in [2.05, 4.69) is 36.2 Å². The normalized spacial score (nSPS) is 30.7. The van der Waals surface area contributed by atoms with Crippen molar-refractivity contribution >= 4 is 0 Å². The minimum Gasteiger partial charge on any atom is -0.454 e. The average Bonchev–Trinajstić information content (AvgIpc) is 3.08. The van der Waals surface area contributed by atoms with Gasteiger partial charge in [0, 0.05) is 25.2 Å². The molecule has 3 aliphatic heterocycles. The number of benzene rings is 1. The summed E-state index contributed by atoms with van der Waals surface area (Å²) in [5, 5.41) is 3.54. The second kappa shape index (κ2) is 4.37. The number of hydrogen-bond donors (Lipinski definition) is 1. The van der Waals surface area contributed by atoms with Crippen molar-refractivity contribution in [3.63, 3.8) is 0 Å². The van der Waals surface area contributed by atoms with Gasteiger partial charge in [0.15, 0.2) is 11.5 Å². The molecule has 0 saturated carbocycles. The Kier molecular flexibility index (Phi) is 2.72. The van der Waals surface area contributed by atoms with Gasteiger partial charge in [-0.2, -0.15) is 0 Å². The fourth-order valence-corrected chi connectivity index (χ4v) is 4.03. The van der Waals surface area contributed by atoms with Gasteiger partial charge in [0.1, 0.15) is 0 Å². The van der Waals surface area contributed by atoms with Crippen LogP contribution < -0.4 is 14.8 Å². The van der Waals surface area contributed by atoms with Crippen LogP contribution in [0.1, 0.15) is 19.4 Å². The maximum atomic E-state index is 5.48. The lowest BCUT2D eigenvalue weighted by Crippen LogP contribution is -2.43. The van der Waals surface area contributed by atoms with Gasteiger partial charge in [0.05, 0.1) is 0 Å². The van der Waals surface area contributed by atoms with Gasteiger partial charge < -0.3 is 14.8 Å². The first kappa shape index (κ1) is 12.5. The van der Waals surface area contributed by atoms with Crippen LogP contribution in [-0.2, 0) is 6.54 Å². The monoisotopic (exact) mass is 274 g/mol. The standard InChI is InChI=1S/C16H22N2O2/c1-16(2)13-7-17-6-12(13)9-18(16)8-11-3-4-14-15(5-11)20-10-19-14/h3-5,12-13,17H,6-10H2,1-2H3. The minimum absolute atomic E-state index is 0.268. The lowest BCUT2D eigenvalue weighted by molar-refractivity contribution is 0.132. The van der Waals surface area contributed by atoms with Crippen LogP contribution in [0.5, 0.6) is 11.5 Å². The maximum Gasteiger partial charge on any atom is 0.231 e. The van der Waals surface area contributed by atoms with Crippen molar-refractivity contribution in [2.45, 2.75) is 25.9 Å². The molecule has 20 heavy (non-hydrogen) atoms. The minimum atomic E-state index is 0.268. The molecule has 2 saturated heterocycles. The third kappa shape index (κ3) is 1.82. The lowest BCUT2D eigenvalue weighted by atomic mass is 9.85. The molecule has 0 radical (unpaired) electrons. The smallest absolute Gasteiger partial charge is 0.231 e. The van der Waals surface area contributed by atoms with Crippen molar-refractivity contribution in [2.24, 2.45) is 11.8 Å². The van der Waals surface area contributed by atoms with Gasteiger partial charge in [0.2, 0.25) is 6.79 Å². The number of ether oxygens (including phenoxy) is 2. The number of nitrogens with zero attached hydrogens (tertiary/aromatic N) is 1. The highest BCUT2D eigenvalue weighted by molar-refractivity contribution is 5.44. The number of hydrogen-bond acceptors (Lipinski definition) is 4. The largest absolute Gasteiger partial charge is 0.454 e. The Morgan fingerprint density at radius 2 is 2.10 bits per heavy atom. The van der Waals surface area contributed by atoms with Gasteiger partial charge >= 0.3 is 0 Å². The molecule has 108 valence electrons. The summed E-state index contributed by atoms with van der Waals surface area (Å²) in [6, 6.07) is 6.32. The zero-order valence-electron chi connectivity index (χ0n) is 12.2. The second-order valence-corrected chi connectivity index (χ2v) is 6.75. The molecule has 0 aliphatic carbocycles. The van der Waals surface area contributed by atoms with E-state index in [4.69, 9.17) is 9.47 Å². The second-order valence-electron chi connectivity index (χ2n) is 6.75. The van der Waals surface area contributed by atoms with E-state index in [1.54, 1.807) is 0 Å². The van der Waals surface area contributed by atoms with E-state index in [9.17, 15) is 0 Å². The molecule has 2 atom stereocenters. The Hall–Kier alpha value is -1.26. The molecule has 0 spiro atoms. The summed E-state index contributed by atoms with van der Waals surface area (Å²) in [4.78, 5) is 2.63. The Morgan fingerprint density at radius 3 is 2.95 bits per heavy atom. The fraction of sp³-hybridized carbons (Fsp3) is 0.625. The summed E-state index contributed by atoms with van der Waals surface area (Å²) < 4.78 is 10.9. The molecular weight excluding hydrogens is 252 g/mol. The maximum absolute atomic E-state index is 5.48. The van der Waals surface area contributed by atoms with Crippen molar-refractivity contribution in [3.05, 3.63) is 23.8 Å². The molecule has 4 heteroatoms. The number of likely N-dealkylation sites (tertiary alicyclic amines) is 1. The van der Waals surface area contributed by atoms with Crippen molar-refractivity contribution in [3.8, 4) is 11.5 Å². The first-order valence-electron chi connectivity index (χ1n) is 7.49. The predicted molar refractivity (Wildman–Crippen MR) is 76.9 cm³/mol. The Balaban J connectivity index is 1.54. The van der Waals surface area contributed by atoms with Gasteiger partial charge in [-0.05, 0) is 49.9 Å². The van der Waals surface area contributed by atoms with Crippen LogP contribution >= 0.6 is 0 Å².